The molecule has 0 radical (unpaired) electrons. The molecule has 0 fully saturated rings. The second-order valence-corrected chi connectivity index (χ2v) is 8.21. The molecule has 6 nitrogen and oxygen atoms in total. The fourth-order valence-electron chi connectivity index (χ4n) is 2.97. The minimum absolute atomic E-state index is 0.124. The fraction of sp³-hybridized carbons (Fsp3) is 0.263. The van der Waals surface area contributed by atoms with Crippen molar-refractivity contribution in [2.45, 2.75) is 31.3 Å². The van der Waals surface area contributed by atoms with Gasteiger partial charge in [-0.25, -0.2) is 13.4 Å². The zero-order valence-electron chi connectivity index (χ0n) is 14.9. The van der Waals surface area contributed by atoms with Gasteiger partial charge in [0.15, 0.2) is 9.84 Å². The van der Waals surface area contributed by atoms with E-state index in [0.29, 0.717) is 5.56 Å². The van der Waals surface area contributed by atoms with E-state index in [-0.39, 0.29) is 16.8 Å². The Morgan fingerprint density at radius 3 is 2.62 bits per heavy atom. The third-order valence-electron chi connectivity index (χ3n) is 4.26. The van der Waals surface area contributed by atoms with E-state index in [2.05, 4.69) is 14.9 Å². The molecular weight excluding hydrogens is 350 g/mol. The number of carbonyl (C=O) groups is 1. The van der Waals surface area contributed by atoms with Crippen LogP contribution in [0, 0.1) is 0 Å². The molecule has 7 heteroatoms. The molecule has 3 rings (SSSR count). The van der Waals surface area contributed by atoms with Gasteiger partial charge in [-0.3, -0.25) is 4.79 Å². The molecule has 1 N–H and O–H groups in total. The van der Waals surface area contributed by atoms with Crippen LogP contribution in [0.5, 0.6) is 0 Å². The van der Waals surface area contributed by atoms with Gasteiger partial charge in [0.1, 0.15) is 5.82 Å². The molecule has 0 saturated carbocycles. The van der Waals surface area contributed by atoms with Crippen LogP contribution in [0.2, 0.25) is 0 Å². The van der Waals surface area contributed by atoms with Crippen molar-refractivity contribution in [3.05, 3.63) is 59.9 Å². The minimum atomic E-state index is -3.36. The molecule has 3 aromatic rings. The molecule has 1 unspecified atom stereocenters. The SMILES string of the molecule is CCn1c(C(C)NC(=O)c2cccc(S(C)(=O)=O)c2)nc2ccccc21. The maximum Gasteiger partial charge on any atom is 0.251 e. The van der Waals surface area contributed by atoms with Gasteiger partial charge in [-0.2, -0.15) is 0 Å². The molecule has 0 aliphatic heterocycles. The summed E-state index contributed by atoms with van der Waals surface area (Å²) in [4.78, 5) is 17.3. The van der Waals surface area contributed by atoms with Gasteiger partial charge in [-0.1, -0.05) is 18.2 Å². The highest BCUT2D eigenvalue weighted by atomic mass is 32.2. The van der Waals surface area contributed by atoms with Gasteiger partial charge in [-0.15, -0.1) is 0 Å². The van der Waals surface area contributed by atoms with E-state index < -0.39 is 9.84 Å². The lowest BCUT2D eigenvalue weighted by molar-refractivity contribution is 0.0937. The molecule has 1 atom stereocenters. The van der Waals surface area contributed by atoms with Crippen LogP contribution < -0.4 is 5.32 Å². The quantitative estimate of drug-likeness (QED) is 0.748. The predicted molar refractivity (Wildman–Crippen MR) is 101 cm³/mol. The number of aromatic nitrogens is 2. The average molecular weight is 371 g/mol. The Morgan fingerprint density at radius 1 is 1.19 bits per heavy atom. The number of benzene rings is 2. The lowest BCUT2D eigenvalue weighted by Gasteiger charge is -2.15. The maximum absolute atomic E-state index is 12.6. The number of para-hydroxylation sites is 2. The van der Waals surface area contributed by atoms with Crippen LogP contribution in [0.3, 0.4) is 0 Å². The molecule has 0 bridgehead atoms. The monoisotopic (exact) mass is 371 g/mol. The van der Waals surface area contributed by atoms with Gasteiger partial charge < -0.3 is 9.88 Å². The Morgan fingerprint density at radius 2 is 1.92 bits per heavy atom. The van der Waals surface area contributed by atoms with Gasteiger partial charge in [0, 0.05) is 18.4 Å². The van der Waals surface area contributed by atoms with E-state index in [0.717, 1.165) is 29.7 Å². The van der Waals surface area contributed by atoms with Crippen molar-refractivity contribution in [1.82, 2.24) is 14.9 Å². The summed E-state index contributed by atoms with van der Waals surface area (Å²) in [5, 5.41) is 2.91. The van der Waals surface area contributed by atoms with Crippen LogP contribution in [0.25, 0.3) is 11.0 Å². The summed E-state index contributed by atoms with van der Waals surface area (Å²) in [5.41, 5.74) is 2.20. The molecular formula is C19H21N3O3S. The number of nitrogens with zero attached hydrogens (tertiary/aromatic N) is 2. The van der Waals surface area contributed by atoms with Gasteiger partial charge >= 0.3 is 0 Å². The number of amides is 1. The highest BCUT2D eigenvalue weighted by Gasteiger charge is 2.19. The number of hydrogen-bond acceptors (Lipinski definition) is 4. The largest absolute Gasteiger partial charge is 0.342 e. The van der Waals surface area contributed by atoms with E-state index in [1.807, 2.05) is 38.1 Å². The van der Waals surface area contributed by atoms with Crippen LogP contribution >= 0.6 is 0 Å². The fourth-order valence-corrected chi connectivity index (χ4v) is 3.64. The topological polar surface area (TPSA) is 81.1 Å². The van der Waals surface area contributed by atoms with Gasteiger partial charge in [0.05, 0.1) is 22.0 Å². The molecule has 0 aliphatic rings. The number of rotatable bonds is 5. The Labute approximate surface area is 152 Å². The number of aryl methyl sites for hydroxylation is 1. The maximum atomic E-state index is 12.6. The van der Waals surface area contributed by atoms with Crippen LogP contribution in [-0.4, -0.2) is 30.1 Å². The summed E-state index contributed by atoms with van der Waals surface area (Å²) in [6.45, 7) is 4.63. The number of nitrogens with one attached hydrogen (secondary N) is 1. The lowest BCUT2D eigenvalue weighted by Crippen LogP contribution is -2.28. The molecule has 136 valence electrons. The van der Waals surface area contributed by atoms with Crippen molar-refractivity contribution < 1.29 is 13.2 Å². The van der Waals surface area contributed by atoms with Crippen molar-refractivity contribution in [1.29, 1.82) is 0 Å². The molecule has 26 heavy (non-hydrogen) atoms. The molecule has 0 aliphatic carbocycles. The number of hydrogen-bond donors (Lipinski definition) is 1. The molecule has 0 spiro atoms. The minimum Gasteiger partial charge on any atom is -0.342 e. The summed E-state index contributed by atoms with van der Waals surface area (Å²) >= 11 is 0. The third kappa shape index (κ3) is 3.48. The summed E-state index contributed by atoms with van der Waals surface area (Å²) in [6.07, 6.45) is 1.12. The van der Waals surface area contributed by atoms with Crippen LogP contribution in [0.15, 0.2) is 53.4 Å². The summed E-state index contributed by atoms with van der Waals surface area (Å²) in [5.74, 6) is 0.430. The second kappa shape index (κ2) is 6.92. The van der Waals surface area contributed by atoms with Gasteiger partial charge in [0.2, 0.25) is 0 Å². The third-order valence-corrected chi connectivity index (χ3v) is 5.37. The number of fused-ring (bicyclic) bond motifs is 1. The van der Waals surface area contributed by atoms with Crippen LogP contribution in [0.4, 0.5) is 0 Å². The summed E-state index contributed by atoms with van der Waals surface area (Å²) in [6, 6.07) is 13.5. The van der Waals surface area contributed by atoms with Gasteiger partial charge in [-0.05, 0) is 44.2 Å². The first kappa shape index (κ1) is 18.1. The first-order valence-electron chi connectivity index (χ1n) is 8.37. The van der Waals surface area contributed by atoms with Crippen LogP contribution in [-0.2, 0) is 16.4 Å². The summed E-state index contributed by atoms with van der Waals surface area (Å²) in [7, 11) is -3.36. The van der Waals surface area contributed by atoms with E-state index in [1.165, 1.54) is 12.1 Å². The second-order valence-electron chi connectivity index (χ2n) is 6.20. The highest BCUT2D eigenvalue weighted by molar-refractivity contribution is 7.90. The Hall–Kier alpha value is -2.67. The number of carbonyl (C=O) groups excluding carboxylic acids is 1. The van der Waals surface area contributed by atoms with Crippen molar-refractivity contribution in [3.8, 4) is 0 Å². The molecule has 2 aromatic carbocycles. The van der Waals surface area contributed by atoms with Crippen molar-refractivity contribution >= 4 is 26.8 Å². The smallest absolute Gasteiger partial charge is 0.251 e. The lowest BCUT2D eigenvalue weighted by atomic mass is 10.2. The first-order valence-corrected chi connectivity index (χ1v) is 10.3. The standard InChI is InChI=1S/C19H21N3O3S/c1-4-22-17-11-6-5-10-16(17)21-18(22)13(2)20-19(23)14-8-7-9-15(12-14)26(3,24)25/h5-13H,4H2,1-3H3,(H,20,23). The zero-order valence-corrected chi connectivity index (χ0v) is 15.7. The van der Waals surface area contributed by atoms with E-state index in [1.54, 1.807) is 12.1 Å². The predicted octanol–water partition coefficient (Wildman–Crippen LogP) is 2.95. The first-order chi connectivity index (χ1) is 12.3. The van der Waals surface area contributed by atoms with E-state index >= 15 is 0 Å². The van der Waals surface area contributed by atoms with Gasteiger partial charge in [0.25, 0.3) is 5.91 Å². The molecule has 0 saturated heterocycles. The van der Waals surface area contributed by atoms with Crippen molar-refractivity contribution in [2.24, 2.45) is 0 Å². The van der Waals surface area contributed by atoms with E-state index in [4.69, 9.17) is 0 Å². The zero-order chi connectivity index (χ0) is 18.9. The van der Waals surface area contributed by atoms with E-state index in [9.17, 15) is 13.2 Å². The Bertz CT molecular complexity index is 1070. The molecule has 1 heterocycles. The van der Waals surface area contributed by atoms with Crippen molar-refractivity contribution in [3.63, 3.8) is 0 Å². The highest BCUT2D eigenvalue weighted by Crippen LogP contribution is 2.21. The Balaban J connectivity index is 1.89. The molecule has 1 aromatic heterocycles. The average Bonchev–Trinajstić information content (AvgIpc) is 2.99. The number of imidazole rings is 1. The Kier molecular flexibility index (Phi) is 4.82. The number of sulfone groups is 1. The van der Waals surface area contributed by atoms with Crippen molar-refractivity contribution in [2.75, 3.05) is 6.26 Å². The molecule has 1 amide bonds. The summed E-state index contributed by atoms with van der Waals surface area (Å²) < 4.78 is 25.4. The normalized spacial score (nSPS) is 12.9. The van der Waals surface area contributed by atoms with Crippen LogP contribution in [0.1, 0.15) is 36.1 Å².